The van der Waals surface area contributed by atoms with Crippen molar-refractivity contribution in [3.8, 4) is 0 Å². The summed E-state index contributed by atoms with van der Waals surface area (Å²) in [4.78, 5) is 11.3. The summed E-state index contributed by atoms with van der Waals surface area (Å²) in [6.45, 7) is 6.34. The van der Waals surface area contributed by atoms with Crippen molar-refractivity contribution in [1.82, 2.24) is 4.57 Å². The van der Waals surface area contributed by atoms with Crippen LogP contribution in [0.25, 0.3) is 0 Å². The van der Waals surface area contributed by atoms with Gasteiger partial charge in [0.15, 0.2) is 0 Å². The molecule has 1 unspecified atom stereocenters. The summed E-state index contributed by atoms with van der Waals surface area (Å²) in [5.74, 6) is -0.328. The lowest BCUT2D eigenvalue weighted by atomic mass is 10.2. The molecule has 1 aromatic rings. The van der Waals surface area contributed by atoms with Gasteiger partial charge in [-0.3, -0.25) is 4.79 Å². The quantitative estimate of drug-likeness (QED) is 0.812. The lowest BCUT2D eigenvalue weighted by Crippen LogP contribution is -2.29. The molecule has 2 rings (SSSR count). The highest BCUT2D eigenvalue weighted by Gasteiger charge is 2.26. The molecule has 0 saturated heterocycles. The molecule has 1 aliphatic rings. The highest BCUT2D eigenvalue weighted by Crippen LogP contribution is 2.38. The zero-order valence-electron chi connectivity index (χ0n) is 11.4. The van der Waals surface area contributed by atoms with Crippen molar-refractivity contribution in [2.24, 2.45) is 5.73 Å². The highest BCUT2D eigenvalue weighted by atomic mass is 16.5. The number of hydrogen-bond donors (Lipinski definition) is 1. The van der Waals surface area contributed by atoms with Gasteiger partial charge in [-0.2, -0.15) is 0 Å². The Hall–Kier alpha value is -1.29. The zero-order chi connectivity index (χ0) is 13.3. The number of carbonyl (C=O) groups is 1. The van der Waals surface area contributed by atoms with Gasteiger partial charge in [-0.05, 0) is 45.2 Å². The molecule has 0 amide bonds. The lowest BCUT2D eigenvalue weighted by Gasteiger charge is -2.09. The van der Waals surface area contributed by atoms with Crippen LogP contribution < -0.4 is 5.73 Å². The van der Waals surface area contributed by atoms with Gasteiger partial charge in [0.05, 0.1) is 6.61 Å². The van der Waals surface area contributed by atoms with E-state index in [-0.39, 0.29) is 5.97 Å². The maximum Gasteiger partial charge on any atom is 0.322 e. The molecule has 0 bridgehead atoms. The Kier molecular flexibility index (Phi) is 3.76. The van der Waals surface area contributed by atoms with Crippen molar-refractivity contribution in [1.29, 1.82) is 0 Å². The zero-order valence-corrected chi connectivity index (χ0v) is 11.4. The lowest BCUT2D eigenvalue weighted by molar-refractivity contribution is -0.144. The van der Waals surface area contributed by atoms with Gasteiger partial charge in [0.2, 0.25) is 0 Å². The molecule has 0 radical (unpaired) electrons. The van der Waals surface area contributed by atoms with E-state index in [0.717, 1.165) is 6.42 Å². The summed E-state index contributed by atoms with van der Waals surface area (Å²) < 4.78 is 7.52. The fourth-order valence-corrected chi connectivity index (χ4v) is 2.39. The standard InChI is InChI=1S/C14H22N2O2/c1-9-8-12(6-7-18-14(17)10(2)15)11(3)16(9)13-4-5-13/h8,10,13H,4-7,15H2,1-3H3. The largest absolute Gasteiger partial charge is 0.464 e. The molecule has 4 heteroatoms. The number of ether oxygens (including phenoxy) is 1. The third kappa shape index (κ3) is 2.75. The molecule has 1 fully saturated rings. The third-order valence-corrected chi connectivity index (χ3v) is 3.49. The number of aromatic nitrogens is 1. The molecule has 0 aliphatic heterocycles. The molecule has 1 heterocycles. The minimum absolute atomic E-state index is 0.328. The van der Waals surface area contributed by atoms with Crippen LogP contribution in [0, 0.1) is 13.8 Å². The average molecular weight is 250 g/mol. The summed E-state index contributed by atoms with van der Waals surface area (Å²) in [6.07, 6.45) is 3.34. The van der Waals surface area contributed by atoms with Crippen molar-refractivity contribution in [2.75, 3.05) is 6.61 Å². The van der Waals surface area contributed by atoms with Crippen molar-refractivity contribution in [3.63, 3.8) is 0 Å². The van der Waals surface area contributed by atoms with Crippen LogP contribution in [-0.4, -0.2) is 23.2 Å². The predicted octanol–water partition coefficient (Wildman–Crippen LogP) is 1.87. The van der Waals surface area contributed by atoms with Crippen LogP contribution >= 0.6 is 0 Å². The molecule has 4 nitrogen and oxygen atoms in total. The van der Waals surface area contributed by atoms with Crippen molar-refractivity contribution >= 4 is 5.97 Å². The summed E-state index contributed by atoms with van der Waals surface area (Å²) >= 11 is 0. The van der Waals surface area contributed by atoms with Gasteiger partial charge >= 0.3 is 5.97 Å². The van der Waals surface area contributed by atoms with E-state index in [1.54, 1.807) is 6.92 Å². The van der Waals surface area contributed by atoms with E-state index < -0.39 is 6.04 Å². The number of nitrogens with two attached hydrogens (primary N) is 1. The Morgan fingerprint density at radius 3 is 2.78 bits per heavy atom. The normalized spacial score (nSPS) is 16.7. The predicted molar refractivity (Wildman–Crippen MR) is 70.5 cm³/mol. The summed E-state index contributed by atoms with van der Waals surface area (Å²) in [6, 6.07) is 2.36. The third-order valence-electron chi connectivity index (χ3n) is 3.49. The first kappa shape index (κ1) is 13.1. The minimum Gasteiger partial charge on any atom is -0.464 e. The van der Waals surface area contributed by atoms with E-state index in [2.05, 4.69) is 24.5 Å². The van der Waals surface area contributed by atoms with Gasteiger partial charge in [-0.25, -0.2) is 0 Å². The molecule has 1 saturated carbocycles. The van der Waals surface area contributed by atoms with E-state index in [1.165, 1.54) is 29.8 Å². The summed E-state index contributed by atoms with van der Waals surface area (Å²) in [5, 5.41) is 0. The number of esters is 1. The van der Waals surface area contributed by atoms with Crippen LogP contribution in [0.2, 0.25) is 0 Å². The smallest absolute Gasteiger partial charge is 0.322 e. The number of hydrogen-bond acceptors (Lipinski definition) is 3. The fraction of sp³-hybridized carbons (Fsp3) is 0.643. The molecule has 0 spiro atoms. The first-order chi connectivity index (χ1) is 8.50. The van der Waals surface area contributed by atoms with Crippen molar-refractivity contribution < 1.29 is 9.53 Å². The SMILES string of the molecule is Cc1cc(CCOC(=O)C(C)N)c(C)n1C1CC1. The average Bonchev–Trinajstić information content (AvgIpc) is 3.07. The Labute approximate surface area is 108 Å². The Bertz CT molecular complexity index is 445. The maximum atomic E-state index is 11.3. The Balaban J connectivity index is 1.94. The van der Waals surface area contributed by atoms with Crippen LogP contribution in [0.3, 0.4) is 0 Å². The molecule has 1 aliphatic carbocycles. The highest BCUT2D eigenvalue weighted by molar-refractivity contribution is 5.74. The molecule has 1 aromatic heterocycles. The second-order valence-electron chi connectivity index (χ2n) is 5.20. The number of aryl methyl sites for hydroxylation is 1. The second-order valence-corrected chi connectivity index (χ2v) is 5.20. The first-order valence-electron chi connectivity index (χ1n) is 6.60. The van der Waals surface area contributed by atoms with E-state index in [0.29, 0.717) is 12.6 Å². The van der Waals surface area contributed by atoms with Gasteiger partial charge in [0.25, 0.3) is 0 Å². The number of nitrogens with zero attached hydrogens (tertiary/aromatic N) is 1. The topological polar surface area (TPSA) is 57.2 Å². The van der Waals surface area contributed by atoms with E-state index in [1.807, 2.05) is 0 Å². The van der Waals surface area contributed by atoms with Gasteiger partial charge < -0.3 is 15.0 Å². The molecular formula is C14H22N2O2. The molecule has 100 valence electrons. The molecule has 1 atom stereocenters. The molecule has 2 N–H and O–H groups in total. The van der Waals surface area contributed by atoms with E-state index in [9.17, 15) is 4.79 Å². The van der Waals surface area contributed by atoms with E-state index >= 15 is 0 Å². The van der Waals surface area contributed by atoms with E-state index in [4.69, 9.17) is 10.5 Å². The molecule has 0 aromatic carbocycles. The van der Waals surface area contributed by atoms with Gasteiger partial charge in [-0.15, -0.1) is 0 Å². The van der Waals surface area contributed by atoms with Crippen LogP contribution in [0.1, 0.15) is 42.8 Å². The fourth-order valence-electron chi connectivity index (χ4n) is 2.39. The Morgan fingerprint density at radius 1 is 1.56 bits per heavy atom. The Morgan fingerprint density at radius 2 is 2.22 bits per heavy atom. The monoisotopic (exact) mass is 250 g/mol. The first-order valence-corrected chi connectivity index (χ1v) is 6.60. The second kappa shape index (κ2) is 5.14. The van der Waals surface area contributed by atoms with Crippen molar-refractivity contribution in [3.05, 3.63) is 23.0 Å². The minimum atomic E-state index is -0.538. The molecular weight excluding hydrogens is 228 g/mol. The van der Waals surface area contributed by atoms with Gasteiger partial charge in [-0.1, -0.05) is 0 Å². The summed E-state index contributed by atoms with van der Waals surface area (Å²) in [7, 11) is 0. The molecule has 18 heavy (non-hydrogen) atoms. The van der Waals surface area contributed by atoms with Crippen LogP contribution in [0.5, 0.6) is 0 Å². The van der Waals surface area contributed by atoms with Gasteiger partial charge in [0, 0.05) is 23.9 Å². The summed E-state index contributed by atoms with van der Waals surface area (Å²) in [5.41, 5.74) is 9.34. The van der Waals surface area contributed by atoms with Crippen LogP contribution in [-0.2, 0) is 16.0 Å². The maximum absolute atomic E-state index is 11.3. The van der Waals surface area contributed by atoms with Crippen LogP contribution in [0.4, 0.5) is 0 Å². The van der Waals surface area contributed by atoms with Crippen LogP contribution in [0.15, 0.2) is 6.07 Å². The number of rotatable bonds is 5. The van der Waals surface area contributed by atoms with Gasteiger partial charge in [0.1, 0.15) is 6.04 Å². The number of carbonyl (C=O) groups excluding carboxylic acids is 1. The van der Waals surface area contributed by atoms with Crippen molar-refractivity contribution in [2.45, 2.75) is 52.1 Å².